The standard InChI is InChI=1S/C17H26N2O/c1-3-19(6-4-5-18)15(20)17-10-13-7-14(11-17)9-16(2,8-13)12-17/h13-14H,3-4,6-12H2,1-2H3. The van der Waals surface area contributed by atoms with Gasteiger partial charge in [0, 0.05) is 13.1 Å². The summed E-state index contributed by atoms with van der Waals surface area (Å²) in [6.07, 6.45) is 7.80. The third-order valence-electron chi connectivity index (χ3n) is 5.97. The van der Waals surface area contributed by atoms with Gasteiger partial charge in [0.05, 0.1) is 17.9 Å². The van der Waals surface area contributed by atoms with Crippen LogP contribution >= 0.6 is 0 Å². The Morgan fingerprint density at radius 3 is 2.45 bits per heavy atom. The minimum absolute atomic E-state index is 0.0791. The van der Waals surface area contributed by atoms with E-state index in [9.17, 15) is 4.79 Å². The van der Waals surface area contributed by atoms with Crippen molar-refractivity contribution in [2.45, 2.75) is 58.8 Å². The van der Waals surface area contributed by atoms with Gasteiger partial charge in [-0.15, -0.1) is 0 Å². The number of carbonyl (C=O) groups is 1. The zero-order chi connectivity index (χ0) is 14.4. The number of carbonyl (C=O) groups excluding carboxylic acids is 1. The summed E-state index contributed by atoms with van der Waals surface area (Å²) in [5, 5.41) is 8.78. The first kappa shape index (κ1) is 13.9. The van der Waals surface area contributed by atoms with Crippen molar-refractivity contribution in [1.82, 2.24) is 4.90 Å². The van der Waals surface area contributed by atoms with E-state index < -0.39 is 0 Å². The molecule has 20 heavy (non-hydrogen) atoms. The molecule has 4 aliphatic rings. The summed E-state index contributed by atoms with van der Waals surface area (Å²) in [4.78, 5) is 15.0. The molecule has 2 unspecified atom stereocenters. The second kappa shape index (κ2) is 4.76. The van der Waals surface area contributed by atoms with Gasteiger partial charge in [0.15, 0.2) is 0 Å². The van der Waals surface area contributed by atoms with E-state index in [2.05, 4.69) is 13.0 Å². The monoisotopic (exact) mass is 274 g/mol. The molecule has 0 N–H and O–H groups in total. The van der Waals surface area contributed by atoms with Crippen LogP contribution in [0.4, 0.5) is 0 Å². The van der Waals surface area contributed by atoms with Gasteiger partial charge < -0.3 is 4.90 Å². The van der Waals surface area contributed by atoms with Crippen molar-refractivity contribution in [2.24, 2.45) is 22.7 Å². The summed E-state index contributed by atoms with van der Waals surface area (Å²) in [5.74, 6) is 1.91. The Bertz CT molecular complexity index is 436. The molecule has 4 aliphatic carbocycles. The fraction of sp³-hybridized carbons (Fsp3) is 0.882. The zero-order valence-electron chi connectivity index (χ0n) is 12.8. The van der Waals surface area contributed by atoms with Crippen LogP contribution in [0.25, 0.3) is 0 Å². The lowest BCUT2D eigenvalue weighted by Crippen LogP contribution is -2.57. The van der Waals surface area contributed by atoms with E-state index in [0.717, 1.165) is 37.6 Å². The maximum Gasteiger partial charge on any atom is 0.228 e. The number of hydrogen-bond acceptors (Lipinski definition) is 2. The Morgan fingerprint density at radius 1 is 1.30 bits per heavy atom. The molecule has 110 valence electrons. The normalized spacial score (nSPS) is 41.5. The first-order valence-electron chi connectivity index (χ1n) is 8.17. The van der Waals surface area contributed by atoms with Gasteiger partial charge in [0.1, 0.15) is 0 Å². The molecule has 0 aromatic carbocycles. The van der Waals surface area contributed by atoms with Crippen molar-refractivity contribution in [2.75, 3.05) is 13.1 Å². The van der Waals surface area contributed by atoms with Crippen molar-refractivity contribution < 1.29 is 4.79 Å². The van der Waals surface area contributed by atoms with Gasteiger partial charge in [-0.2, -0.15) is 5.26 Å². The summed E-state index contributed by atoms with van der Waals surface area (Å²) < 4.78 is 0. The van der Waals surface area contributed by atoms with Gasteiger partial charge in [0.25, 0.3) is 0 Å². The largest absolute Gasteiger partial charge is 0.341 e. The molecule has 4 saturated carbocycles. The molecular formula is C17H26N2O. The van der Waals surface area contributed by atoms with Crippen LogP contribution in [0.3, 0.4) is 0 Å². The van der Waals surface area contributed by atoms with Gasteiger partial charge in [0.2, 0.25) is 5.91 Å². The Kier molecular flexibility index (Phi) is 3.31. The van der Waals surface area contributed by atoms with Crippen LogP contribution in [0.15, 0.2) is 0 Å². The first-order valence-corrected chi connectivity index (χ1v) is 8.17. The van der Waals surface area contributed by atoms with E-state index in [1.54, 1.807) is 0 Å². The lowest BCUT2D eigenvalue weighted by molar-refractivity contribution is -0.165. The van der Waals surface area contributed by atoms with E-state index in [4.69, 9.17) is 5.26 Å². The Balaban J connectivity index is 1.81. The highest BCUT2D eigenvalue weighted by Gasteiger charge is 2.59. The molecule has 3 nitrogen and oxygen atoms in total. The summed E-state index contributed by atoms with van der Waals surface area (Å²) in [6, 6.07) is 2.17. The average molecular weight is 274 g/mol. The fourth-order valence-electron chi connectivity index (χ4n) is 5.89. The summed E-state index contributed by atoms with van der Waals surface area (Å²) >= 11 is 0. The molecular weight excluding hydrogens is 248 g/mol. The summed E-state index contributed by atoms with van der Waals surface area (Å²) in [5.41, 5.74) is 0.332. The van der Waals surface area contributed by atoms with E-state index in [-0.39, 0.29) is 5.41 Å². The quantitative estimate of drug-likeness (QED) is 0.789. The molecule has 0 aromatic rings. The highest BCUT2D eigenvalue weighted by Crippen LogP contribution is 2.65. The van der Waals surface area contributed by atoms with Crippen LogP contribution in [-0.2, 0) is 4.79 Å². The smallest absolute Gasteiger partial charge is 0.228 e. The Morgan fingerprint density at radius 2 is 1.95 bits per heavy atom. The van der Waals surface area contributed by atoms with E-state index >= 15 is 0 Å². The van der Waals surface area contributed by atoms with Crippen molar-refractivity contribution in [3.05, 3.63) is 0 Å². The van der Waals surface area contributed by atoms with E-state index in [1.807, 2.05) is 11.8 Å². The molecule has 0 radical (unpaired) electrons. The van der Waals surface area contributed by atoms with Crippen molar-refractivity contribution in [3.8, 4) is 6.07 Å². The molecule has 0 aliphatic heterocycles. The lowest BCUT2D eigenvalue weighted by atomic mass is 9.44. The minimum atomic E-state index is -0.0791. The average Bonchev–Trinajstić information content (AvgIpc) is 2.36. The van der Waals surface area contributed by atoms with Gasteiger partial charge in [-0.25, -0.2) is 0 Å². The third-order valence-corrected chi connectivity index (χ3v) is 5.97. The molecule has 1 amide bonds. The van der Waals surface area contributed by atoms with Crippen molar-refractivity contribution in [1.29, 1.82) is 5.26 Å². The SMILES string of the molecule is CCN(CCC#N)C(=O)C12CC3CC(CC(C)(C3)C1)C2. The third kappa shape index (κ3) is 2.14. The molecule has 0 saturated heterocycles. The maximum absolute atomic E-state index is 13.1. The van der Waals surface area contributed by atoms with E-state index in [0.29, 0.717) is 24.3 Å². The molecule has 4 bridgehead atoms. The van der Waals surface area contributed by atoms with Gasteiger partial charge >= 0.3 is 0 Å². The minimum Gasteiger partial charge on any atom is -0.341 e. The molecule has 4 rings (SSSR count). The number of hydrogen-bond donors (Lipinski definition) is 0. The molecule has 2 atom stereocenters. The zero-order valence-corrected chi connectivity index (χ0v) is 12.8. The number of rotatable bonds is 4. The number of nitriles is 1. The topological polar surface area (TPSA) is 44.1 Å². The fourth-order valence-corrected chi connectivity index (χ4v) is 5.89. The summed E-state index contributed by atoms with van der Waals surface area (Å²) in [7, 11) is 0. The Hall–Kier alpha value is -1.04. The number of nitrogens with zero attached hydrogens (tertiary/aromatic N) is 2. The van der Waals surface area contributed by atoms with Crippen LogP contribution in [0.1, 0.15) is 58.8 Å². The van der Waals surface area contributed by atoms with Gasteiger partial charge in [-0.3, -0.25) is 4.79 Å². The lowest BCUT2D eigenvalue weighted by Gasteiger charge is -2.61. The van der Waals surface area contributed by atoms with Crippen LogP contribution in [-0.4, -0.2) is 23.9 Å². The highest BCUT2D eigenvalue weighted by molar-refractivity contribution is 5.83. The second-order valence-electron chi connectivity index (χ2n) is 7.84. The van der Waals surface area contributed by atoms with E-state index in [1.165, 1.54) is 19.3 Å². The molecule has 4 fully saturated rings. The maximum atomic E-state index is 13.1. The predicted octanol–water partition coefficient (Wildman–Crippen LogP) is 3.36. The predicted molar refractivity (Wildman–Crippen MR) is 77.7 cm³/mol. The van der Waals surface area contributed by atoms with Crippen LogP contribution in [0, 0.1) is 34.0 Å². The Labute approximate surface area is 122 Å². The van der Waals surface area contributed by atoms with Gasteiger partial charge in [-0.05, 0) is 62.7 Å². The highest BCUT2D eigenvalue weighted by atomic mass is 16.2. The number of amides is 1. The van der Waals surface area contributed by atoms with Crippen LogP contribution in [0.2, 0.25) is 0 Å². The van der Waals surface area contributed by atoms with Crippen LogP contribution < -0.4 is 0 Å². The van der Waals surface area contributed by atoms with Crippen molar-refractivity contribution in [3.63, 3.8) is 0 Å². The summed E-state index contributed by atoms with van der Waals surface area (Å²) in [6.45, 7) is 5.80. The van der Waals surface area contributed by atoms with Crippen molar-refractivity contribution >= 4 is 5.91 Å². The first-order chi connectivity index (χ1) is 9.50. The molecule has 3 heteroatoms. The molecule has 0 spiro atoms. The second-order valence-corrected chi connectivity index (χ2v) is 7.84. The molecule has 0 heterocycles. The van der Waals surface area contributed by atoms with Gasteiger partial charge in [-0.1, -0.05) is 6.92 Å². The van der Waals surface area contributed by atoms with Crippen LogP contribution in [0.5, 0.6) is 0 Å². The molecule has 0 aromatic heterocycles.